The molecule has 4 nitrogen and oxygen atoms in total. The van der Waals surface area contributed by atoms with Crippen LogP contribution in [0, 0.1) is 17.1 Å². The molecule has 0 saturated carbocycles. The highest BCUT2D eigenvalue weighted by Crippen LogP contribution is 2.27. The first-order chi connectivity index (χ1) is 11.7. The van der Waals surface area contributed by atoms with E-state index in [-0.39, 0.29) is 17.5 Å². The topological polar surface area (TPSA) is 56.1 Å². The first-order valence-electron chi connectivity index (χ1n) is 7.91. The Balaban J connectivity index is 1.88. The van der Waals surface area contributed by atoms with Crippen LogP contribution in [0.1, 0.15) is 29.2 Å². The van der Waals surface area contributed by atoms with E-state index in [0.717, 1.165) is 11.1 Å². The lowest BCUT2D eigenvalue weighted by Gasteiger charge is -2.29. The third kappa shape index (κ3) is 3.61. The van der Waals surface area contributed by atoms with E-state index in [1.54, 1.807) is 12.1 Å². The number of nitriles is 1. The summed E-state index contributed by atoms with van der Waals surface area (Å²) >= 11 is 0. The number of amides is 1. The van der Waals surface area contributed by atoms with Crippen molar-refractivity contribution < 1.29 is 9.18 Å². The molecular formula is C19H18FN3O. The van der Waals surface area contributed by atoms with Crippen molar-refractivity contribution in [1.82, 2.24) is 10.2 Å². The summed E-state index contributed by atoms with van der Waals surface area (Å²) in [4.78, 5) is 14.2. The van der Waals surface area contributed by atoms with Crippen molar-refractivity contribution in [3.8, 4) is 6.07 Å². The van der Waals surface area contributed by atoms with Crippen LogP contribution >= 0.6 is 0 Å². The molecular weight excluding hydrogens is 305 g/mol. The van der Waals surface area contributed by atoms with Crippen LogP contribution in [0.3, 0.4) is 0 Å². The van der Waals surface area contributed by atoms with Gasteiger partial charge < -0.3 is 5.32 Å². The average Bonchev–Trinajstić information content (AvgIpc) is 2.79. The Labute approximate surface area is 140 Å². The molecule has 1 saturated heterocycles. The van der Waals surface area contributed by atoms with Gasteiger partial charge in [-0.3, -0.25) is 9.69 Å². The zero-order valence-corrected chi connectivity index (χ0v) is 13.2. The first-order valence-corrected chi connectivity index (χ1v) is 7.91. The van der Waals surface area contributed by atoms with Gasteiger partial charge in [0.1, 0.15) is 11.9 Å². The highest BCUT2D eigenvalue weighted by Gasteiger charge is 2.26. The Morgan fingerprint density at radius 3 is 2.79 bits per heavy atom. The summed E-state index contributed by atoms with van der Waals surface area (Å²) in [6.45, 7) is 1.84. The fraction of sp³-hybridized carbons (Fsp3) is 0.263. The number of hydrogen-bond donors (Lipinski definition) is 1. The van der Waals surface area contributed by atoms with Gasteiger partial charge in [-0.1, -0.05) is 36.4 Å². The van der Waals surface area contributed by atoms with E-state index in [1.165, 1.54) is 6.07 Å². The number of carbonyl (C=O) groups is 1. The summed E-state index contributed by atoms with van der Waals surface area (Å²) in [7, 11) is 0. The molecule has 1 N–H and O–H groups in total. The highest BCUT2D eigenvalue weighted by molar-refractivity contribution is 5.77. The molecule has 1 aliphatic rings. The molecule has 1 amide bonds. The molecule has 1 aliphatic heterocycles. The fourth-order valence-electron chi connectivity index (χ4n) is 3.06. The first kappa shape index (κ1) is 16.2. The van der Waals surface area contributed by atoms with Crippen molar-refractivity contribution >= 4 is 5.91 Å². The Kier molecular flexibility index (Phi) is 4.88. The normalized spacial score (nSPS) is 18.5. The van der Waals surface area contributed by atoms with Gasteiger partial charge in [-0.25, -0.2) is 4.39 Å². The van der Waals surface area contributed by atoms with Crippen molar-refractivity contribution in [2.24, 2.45) is 0 Å². The minimum Gasteiger partial charge on any atom is -0.355 e. The molecule has 1 unspecified atom stereocenters. The SMILES string of the molecule is N#Cc1cc(CN2CCNC(=O)CC2c2ccccc2)ccc1F. The molecule has 2 aromatic carbocycles. The van der Waals surface area contributed by atoms with E-state index >= 15 is 0 Å². The van der Waals surface area contributed by atoms with Crippen LogP contribution in [0.5, 0.6) is 0 Å². The Bertz CT molecular complexity index is 770. The smallest absolute Gasteiger partial charge is 0.221 e. The largest absolute Gasteiger partial charge is 0.355 e. The summed E-state index contributed by atoms with van der Waals surface area (Å²) in [5, 5.41) is 11.9. The van der Waals surface area contributed by atoms with Gasteiger partial charge in [0.15, 0.2) is 0 Å². The molecule has 0 aliphatic carbocycles. The number of halogens is 1. The molecule has 122 valence electrons. The second-order valence-electron chi connectivity index (χ2n) is 5.88. The number of rotatable bonds is 3. The average molecular weight is 323 g/mol. The van der Waals surface area contributed by atoms with Crippen LogP contribution in [-0.4, -0.2) is 23.9 Å². The molecule has 0 bridgehead atoms. The number of benzene rings is 2. The minimum atomic E-state index is -0.506. The van der Waals surface area contributed by atoms with E-state index in [4.69, 9.17) is 5.26 Å². The van der Waals surface area contributed by atoms with Crippen LogP contribution in [-0.2, 0) is 11.3 Å². The second kappa shape index (κ2) is 7.24. The molecule has 0 spiro atoms. The van der Waals surface area contributed by atoms with Gasteiger partial charge in [-0.05, 0) is 23.3 Å². The summed E-state index contributed by atoms with van der Waals surface area (Å²) in [6, 6.07) is 16.3. The van der Waals surface area contributed by atoms with Crippen molar-refractivity contribution in [1.29, 1.82) is 5.26 Å². The van der Waals surface area contributed by atoms with E-state index in [9.17, 15) is 9.18 Å². The lowest BCUT2D eigenvalue weighted by molar-refractivity contribution is -0.121. The highest BCUT2D eigenvalue weighted by atomic mass is 19.1. The van der Waals surface area contributed by atoms with Crippen LogP contribution in [0.4, 0.5) is 4.39 Å². The van der Waals surface area contributed by atoms with Gasteiger partial charge in [-0.2, -0.15) is 5.26 Å². The molecule has 0 aromatic heterocycles. The Morgan fingerprint density at radius 2 is 2.04 bits per heavy atom. The lowest BCUT2D eigenvalue weighted by Crippen LogP contribution is -2.30. The maximum atomic E-state index is 13.5. The quantitative estimate of drug-likeness (QED) is 0.945. The second-order valence-corrected chi connectivity index (χ2v) is 5.88. The number of carbonyl (C=O) groups excluding carboxylic acids is 1. The van der Waals surface area contributed by atoms with Gasteiger partial charge in [0, 0.05) is 32.1 Å². The molecule has 1 atom stereocenters. The van der Waals surface area contributed by atoms with Crippen LogP contribution in [0.15, 0.2) is 48.5 Å². The van der Waals surface area contributed by atoms with E-state index in [0.29, 0.717) is 26.1 Å². The number of nitrogens with one attached hydrogen (secondary N) is 1. The molecule has 3 rings (SSSR count). The Morgan fingerprint density at radius 1 is 1.25 bits per heavy atom. The third-order valence-corrected chi connectivity index (χ3v) is 4.26. The van der Waals surface area contributed by atoms with Gasteiger partial charge in [0.25, 0.3) is 0 Å². The molecule has 1 fully saturated rings. The maximum Gasteiger partial charge on any atom is 0.221 e. The summed E-state index contributed by atoms with van der Waals surface area (Å²) in [6.07, 6.45) is 0.385. The summed E-state index contributed by atoms with van der Waals surface area (Å²) in [5.74, 6) is -0.475. The monoisotopic (exact) mass is 323 g/mol. The van der Waals surface area contributed by atoms with Crippen molar-refractivity contribution in [3.63, 3.8) is 0 Å². The third-order valence-electron chi connectivity index (χ3n) is 4.26. The van der Waals surface area contributed by atoms with Crippen molar-refractivity contribution in [2.45, 2.75) is 19.0 Å². The van der Waals surface area contributed by atoms with Crippen molar-refractivity contribution in [3.05, 3.63) is 71.0 Å². The van der Waals surface area contributed by atoms with Crippen LogP contribution in [0.2, 0.25) is 0 Å². The maximum absolute atomic E-state index is 13.5. The molecule has 24 heavy (non-hydrogen) atoms. The van der Waals surface area contributed by atoms with E-state index in [2.05, 4.69) is 10.2 Å². The standard InChI is InChI=1S/C19H18FN3O/c20-17-7-6-14(10-16(17)12-21)13-23-9-8-22-19(24)11-18(23)15-4-2-1-3-5-15/h1-7,10,18H,8-9,11,13H2,(H,22,24). The molecule has 0 radical (unpaired) electrons. The predicted octanol–water partition coefficient (Wildman–Crippen LogP) is 2.76. The molecule has 2 aromatic rings. The van der Waals surface area contributed by atoms with Gasteiger partial charge in [-0.15, -0.1) is 0 Å². The predicted molar refractivity (Wildman–Crippen MR) is 88.3 cm³/mol. The zero-order valence-electron chi connectivity index (χ0n) is 13.2. The van der Waals surface area contributed by atoms with Gasteiger partial charge >= 0.3 is 0 Å². The number of nitrogens with zero attached hydrogens (tertiary/aromatic N) is 2. The number of hydrogen-bond acceptors (Lipinski definition) is 3. The van der Waals surface area contributed by atoms with Gasteiger partial charge in [0.2, 0.25) is 5.91 Å². The van der Waals surface area contributed by atoms with Crippen LogP contribution < -0.4 is 5.32 Å². The summed E-state index contributed by atoms with van der Waals surface area (Å²) in [5.41, 5.74) is 1.99. The van der Waals surface area contributed by atoms with Crippen LogP contribution in [0.25, 0.3) is 0 Å². The Hall–Kier alpha value is -2.71. The fourth-order valence-corrected chi connectivity index (χ4v) is 3.06. The van der Waals surface area contributed by atoms with E-state index in [1.807, 2.05) is 36.4 Å². The molecule has 5 heteroatoms. The minimum absolute atomic E-state index is 0.0307. The lowest BCUT2D eigenvalue weighted by atomic mass is 10.0. The van der Waals surface area contributed by atoms with Gasteiger partial charge in [0.05, 0.1) is 5.56 Å². The van der Waals surface area contributed by atoms with E-state index < -0.39 is 5.82 Å². The molecule has 1 heterocycles. The van der Waals surface area contributed by atoms with Crippen molar-refractivity contribution in [2.75, 3.05) is 13.1 Å². The zero-order chi connectivity index (χ0) is 16.9. The summed E-state index contributed by atoms with van der Waals surface area (Å²) < 4.78 is 13.5.